The Morgan fingerprint density at radius 2 is 2.14 bits per heavy atom. The Kier molecular flexibility index (Phi) is 4.57. The van der Waals surface area contributed by atoms with Crippen molar-refractivity contribution in [3.05, 3.63) is 37.7 Å². The van der Waals surface area contributed by atoms with Crippen molar-refractivity contribution in [1.29, 1.82) is 0 Å². The number of anilines is 1. The lowest BCUT2D eigenvalue weighted by Gasteiger charge is -2.09. The summed E-state index contributed by atoms with van der Waals surface area (Å²) in [5.41, 5.74) is 0.685. The van der Waals surface area contributed by atoms with Crippen LogP contribution in [0.3, 0.4) is 0 Å². The minimum absolute atomic E-state index is 0.0757. The number of carbonyl (C=O) groups is 1. The lowest BCUT2D eigenvalue weighted by Crippen LogP contribution is -2.14. The average Bonchev–Trinajstić information content (AvgIpc) is 2.76. The van der Waals surface area contributed by atoms with E-state index in [0.717, 1.165) is 17.4 Å². The highest BCUT2D eigenvalue weighted by molar-refractivity contribution is 9.11. The fourth-order valence-electron chi connectivity index (χ4n) is 1.48. The fraction of sp³-hybridized carbons (Fsp3) is 0.0909. The molecule has 0 aromatic carbocycles. The highest BCUT2D eigenvalue weighted by Gasteiger charge is 2.24. The van der Waals surface area contributed by atoms with Gasteiger partial charge in [0.2, 0.25) is 0 Å². The van der Waals surface area contributed by atoms with Crippen molar-refractivity contribution in [3.63, 3.8) is 0 Å². The molecule has 2 aromatic heterocycles. The van der Waals surface area contributed by atoms with E-state index in [1.165, 1.54) is 12.1 Å². The van der Waals surface area contributed by atoms with Crippen molar-refractivity contribution >= 4 is 60.5 Å². The van der Waals surface area contributed by atoms with E-state index in [4.69, 9.17) is 16.7 Å². The third-order valence-corrected chi connectivity index (χ3v) is 6.27. The minimum atomic E-state index is -3.92. The van der Waals surface area contributed by atoms with Crippen LogP contribution in [0, 0.1) is 6.92 Å². The molecule has 0 amide bonds. The maximum atomic E-state index is 12.3. The van der Waals surface area contributed by atoms with Crippen LogP contribution in [0.25, 0.3) is 0 Å². The Hall–Kier alpha value is -1.16. The van der Waals surface area contributed by atoms with Crippen LogP contribution in [-0.2, 0) is 10.0 Å². The number of aryl methyl sites for hydroxylation is 1. The Morgan fingerprint density at radius 1 is 1.48 bits per heavy atom. The maximum absolute atomic E-state index is 12.3. The Bertz CT molecular complexity index is 820. The zero-order valence-electron chi connectivity index (χ0n) is 10.4. The standard InChI is InChI=1S/C11H8BrClN2O4S2/c1-5-6(2-3-9(13)14-5)15-21(18,19)8-4-7(11(16)17)20-10(8)12/h2-4,15H,1H3,(H,16,17). The number of nitrogens with zero attached hydrogens (tertiary/aromatic N) is 1. The van der Waals surface area contributed by atoms with E-state index in [1.54, 1.807) is 6.92 Å². The van der Waals surface area contributed by atoms with Gasteiger partial charge in [-0.2, -0.15) is 0 Å². The minimum Gasteiger partial charge on any atom is -0.477 e. The van der Waals surface area contributed by atoms with Crippen molar-refractivity contribution < 1.29 is 18.3 Å². The van der Waals surface area contributed by atoms with Gasteiger partial charge in [-0.05, 0) is 41.1 Å². The Morgan fingerprint density at radius 3 is 2.67 bits per heavy atom. The zero-order chi connectivity index (χ0) is 15.8. The molecule has 6 nitrogen and oxygen atoms in total. The number of sulfonamides is 1. The first-order valence-electron chi connectivity index (χ1n) is 5.39. The lowest BCUT2D eigenvalue weighted by atomic mass is 10.3. The molecule has 0 atom stereocenters. The number of halogens is 2. The molecule has 112 valence electrons. The first-order chi connectivity index (χ1) is 9.70. The number of carboxylic acid groups (broad SMARTS) is 1. The number of nitrogens with one attached hydrogen (secondary N) is 1. The summed E-state index contributed by atoms with van der Waals surface area (Å²) >= 11 is 9.60. The smallest absolute Gasteiger partial charge is 0.345 e. The van der Waals surface area contributed by atoms with E-state index in [2.05, 4.69) is 25.6 Å². The van der Waals surface area contributed by atoms with Gasteiger partial charge in [-0.25, -0.2) is 18.2 Å². The largest absolute Gasteiger partial charge is 0.477 e. The number of pyridine rings is 1. The van der Waals surface area contributed by atoms with Crippen LogP contribution < -0.4 is 4.72 Å². The highest BCUT2D eigenvalue weighted by atomic mass is 79.9. The summed E-state index contributed by atoms with van der Waals surface area (Å²) in [6.07, 6.45) is 0. The molecule has 0 aliphatic carbocycles. The number of aromatic carboxylic acids is 1. The quantitative estimate of drug-likeness (QED) is 0.752. The Balaban J connectivity index is 2.41. The molecule has 0 aliphatic heterocycles. The molecule has 0 fully saturated rings. The van der Waals surface area contributed by atoms with E-state index >= 15 is 0 Å². The van der Waals surface area contributed by atoms with Crippen LogP contribution in [0.5, 0.6) is 0 Å². The third-order valence-electron chi connectivity index (χ3n) is 2.45. The number of hydrogen-bond donors (Lipinski definition) is 2. The van der Waals surface area contributed by atoms with Crippen LogP contribution in [0.15, 0.2) is 26.9 Å². The molecule has 2 rings (SSSR count). The number of aromatic nitrogens is 1. The number of carboxylic acids is 1. The molecule has 0 saturated heterocycles. The summed E-state index contributed by atoms with van der Waals surface area (Å²) in [4.78, 5) is 14.6. The van der Waals surface area contributed by atoms with Gasteiger partial charge in [-0.15, -0.1) is 11.3 Å². The summed E-state index contributed by atoms with van der Waals surface area (Å²) in [6.45, 7) is 1.61. The van der Waals surface area contributed by atoms with E-state index in [-0.39, 0.29) is 24.4 Å². The summed E-state index contributed by atoms with van der Waals surface area (Å²) in [5, 5.41) is 9.15. The van der Waals surface area contributed by atoms with Gasteiger partial charge in [0.15, 0.2) is 0 Å². The second-order valence-electron chi connectivity index (χ2n) is 3.93. The van der Waals surface area contributed by atoms with Crippen LogP contribution in [-0.4, -0.2) is 24.5 Å². The summed E-state index contributed by atoms with van der Waals surface area (Å²) in [7, 11) is -3.92. The van der Waals surface area contributed by atoms with Gasteiger partial charge in [0.25, 0.3) is 10.0 Å². The number of rotatable bonds is 4. The molecule has 0 radical (unpaired) electrons. The number of thiophene rings is 1. The second kappa shape index (κ2) is 5.91. The highest BCUT2D eigenvalue weighted by Crippen LogP contribution is 2.33. The summed E-state index contributed by atoms with van der Waals surface area (Å²) < 4.78 is 27.2. The molecule has 0 saturated carbocycles. The molecular formula is C11H8BrClN2O4S2. The van der Waals surface area contributed by atoms with Gasteiger partial charge in [-0.3, -0.25) is 4.72 Å². The van der Waals surface area contributed by atoms with Crippen LogP contribution in [0.2, 0.25) is 5.15 Å². The van der Waals surface area contributed by atoms with Crippen LogP contribution in [0.4, 0.5) is 5.69 Å². The van der Waals surface area contributed by atoms with Gasteiger partial charge in [0.1, 0.15) is 14.9 Å². The van der Waals surface area contributed by atoms with Crippen molar-refractivity contribution in [2.45, 2.75) is 11.8 Å². The molecule has 2 heterocycles. The maximum Gasteiger partial charge on any atom is 0.345 e. The third kappa shape index (κ3) is 3.54. The SMILES string of the molecule is Cc1nc(Cl)ccc1NS(=O)(=O)c1cc(C(=O)O)sc1Br. The predicted molar refractivity (Wildman–Crippen MR) is 83.8 cm³/mol. The van der Waals surface area contributed by atoms with Gasteiger partial charge >= 0.3 is 5.97 Å². The predicted octanol–water partition coefficient (Wildman–Crippen LogP) is 3.37. The second-order valence-corrected chi connectivity index (χ2v) is 8.33. The monoisotopic (exact) mass is 410 g/mol. The lowest BCUT2D eigenvalue weighted by molar-refractivity contribution is 0.0702. The molecule has 21 heavy (non-hydrogen) atoms. The van der Waals surface area contributed by atoms with E-state index < -0.39 is 16.0 Å². The molecule has 0 bridgehead atoms. The fourth-order valence-corrected chi connectivity index (χ4v) is 5.19. The van der Waals surface area contributed by atoms with Crippen molar-refractivity contribution in [2.75, 3.05) is 4.72 Å². The van der Waals surface area contributed by atoms with Crippen LogP contribution in [0.1, 0.15) is 15.4 Å². The molecule has 2 N–H and O–H groups in total. The first kappa shape index (κ1) is 16.2. The number of hydrogen-bond acceptors (Lipinski definition) is 5. The van der Waals surface area contributed by atoms with E-state index in [1.807, 2.05) is 0 Å². The first-order valence-corrected chi connectivity index (χ1v) is 8.86. The molecule has 0 aliphatic rings. The molecular weight excluding hydrogens is 404 g/mol. The topological polar surface area (TPSA) is 96.4 Å². The average molecular weight is 412 g/mol. The Labute approximate surface area is 138 Å². The van der Waals surface area contributed by atoms with Crippen molar-refractivity contribution in [2.24, 2.45) is 0 Å². The molecule has 0 spiro atoms. The van der Waals surface area contributed by atoms with Crippen LogP contribution >= 0.6 is 38.9 Å². The van der Waals surface area contributed by atoms with Crippen molar-refractivity contribution in [1.82, 2.24) is 4.98 Å². The molecule has 10 heteroatoms. The van der Waals surface area contributed by atoms with Gasteiger partial charge in [0.05, 0.1) is 15.2 Å². The molecule has 2 aromatic rings. The van der Waals surface area contributed by atoms with Gasteiger partial charge < -0.3 is 5.11 Å². The normalized spacial score (nSPS) is 11.4. The van der Waals surface area contributed by atoms with Gasteiger partial charge in [-0.1, -0.05) is 11.6 Å². The summed E-state index contributed by atoms with van der Waals surface area (Å²) in [6, 6.07) is 4.04. The zero-order valence-corrected chi connectivity index (χ0v) is 14.4. The van der Waals surface area contributed by atoms with Gasteiger partial charge in [0, 0.05) is 0 Å². The van der Waals surface area contributed by atoms with E-state index in [9.17, 15) is 13.2 Å². The molecule has 0 unspecified atom stereocenters. The van der Waals surface area contributed by atoms with E-state index in [0.29, 0.717) is 5.69 Å². The van der Waals surface area contributed by atoms with Crippen molar-refractivity contribution in [3.8, 4) is 0 Å². The summed E-state index contributed by atoms with van der Waals surface area (Å²) in [5.74, 6) is -1.19.